The quantitative estimate of drug-likeness (QED) is 0.357. The summed E-state index contributed by atoms with van der Waals surface area (Å²) in [6.07, 6.45) is 2.56. The summed E-state index contributed by atoms with van der Waals surface area (Å²) < 4.78 is 6.96. The molecule has 5 heteroatoms. The zero-order valence-electron chi connectivity index (χ0n) is 17.8. The number of benzene rings is 3. The average Bonchev–Trinajstić information content (AvgIpc) is 3.47. The highest BCUT2D eigenvalue weighted by molar-refractivity contribution is 7.22. The Morgan fingerprint density at radius 3 is 2.41 bits per heavy atom. The number of ketones is 1. The summed E-state index contributed by atoms with van der Waals surface area (Å²) in [5, 5.41) is 10.6. The number of phenols is 1. The molecule has 3 aromatic carbocycles. The highest BCUT2D eigenvalue weighted by Crippen LogP contribution is 2.40. The number of likely N-dealkylation sites (tertiary alicyclic amines) is 1. The Morgan fingerprint density at radius 2 is 1.66 bits per heavy atom. The summed E-state index contributed by atoms with van der Waals surface area (Å²) in [5.41, 5.74) is 2.27. The molecule has 162 valence electrons. The number of hydrogen-bond acceptors (Lipinski definition) is 5. The Morgan fingerprint density at radius 1 is 0.938 bits per heavy atom. The van der Waals surface area contributed by atoms with Crippen LogP contribution in [0.2, 0.25) is 0 Å². The lowest BCUT2D eigenvalue weighted by Crippen LogP contribution is -2.25. The van der Waals surface area contributed by atoms with Gasteiger partial charge in [0.25, 0.3) is 0 Å². The molecule has 0 amide bonds. The molecule has 32 heavy (non-hydrogen) atoms. The van der Waals surface area contributed by atoms with Crippen LogP contribution in [0.4, 0.5) is 0 Å². The van der Waals surface area contributed by atoms with Crippen LogP contribution < -0.4 is 4.74 Å². The van der Waals surface area contributed by atoms with Gasteiger partial charge in [-0.05, 0) is 86.1 Å². The number of fused-ring (bicyclic) bond motifs is 1. The predicted molar refractivity (Wildman–Crippen MR) is 130 cm³/mol. The van der Waals surface area contributed by atoms with Crippen LogP contribution in [-0.2, 0) is 0 Å². The first kappa shape index (κ1) is 20.7. The number of hydrogen-bond donors (Lipinski definition) is 1. The summed E-state index contributed by atoms with van der Waals surface area (Å²) in [6, 6.07) is 22.5. The van der Waals surface area contributed by atoms with Crippen molar-refractivity contribution in [2.45, 2.75) is 12.8 Å². The SMILES string of the molecule is O=C(c1ccc(OCCN2CCCC2)cc1)c1c(-c2ccc(O)cc2)sc2ccccc12. The zero-order valence-corrected chi connectivity index (χ0v) is 18.6. The van der Waals surface area contributed by atoms with Crippen molar-refractivity contribution in [2.75, 3.05) is 26.2 Å². The fourth-order valence-corrected chi connectivity index (χ4v) is 5.44. The van der Waals surface area contributed by atoms with E-state index in [0.29, 0.717) is 17.7 Å². The van der Waals surface area contributed by atoms with Gasteiger partial charge in [-0.1, -0.05) is 18.2 Å². The molecule has 1 fully saturated rings. The molecule has 1 N–H and O–H groups in total. The number of carbonyl (C=O) groups is 1. The lowest BCUT2D eigenvalue weighted by Gasteiger charge is -2.15. The Labute approximate surface area is 191 Å². The molecule has 4 aromatic rings. The molecule has 5 rings (SSSR count). The first-order valence-electron chi connectivity index (χ1n) is 11.0. The molecule has 0 aliphatic carbocycles. The fourth-order valence-electron chi connectivity index (χ4n) is 4.23. The van der Waals surface area contributed by atoms with Gasteiger partial charge in [-0.2, -0.15) is 0 Å². The number of thiophene rings is 1. The summed E-state index contributed by atoms with van der Waals surface area (Å²) in [4.78, 5) is 16.9. The number of ether oxygens (including phenoxy) is 1. The molecule has 0 atom stereocenters. The second kappa shape index (κ2) is 9.15. The first-order chi connectivity index (χ1) is 15.7. The minimum atomic E-state index is -0.00542. The number of aromatic hydroxyl groups is 1. The van der Waals surface area contributed by atoms with Crippen LogP contribution >= 0.6 is 11.3 Å². The van der Waals surface area contributed by atoms with Gasteiger partial charge >= 0.3 is 0 Å². The lowest BCUT2D eigenvalue weighted by molar-refractivity contribution is 0.104. The van der Waals surface area contributed by atoms with E-state index in [-0.39, 0.29) is 11.5 Å². The van der Waals surface area contributed by atoms with Crippen molar-refractivity contribution in [3.63, 3.8) is 0 Å². The van der Waals surface area contributed by atoms with Crippen molar-refractivity contribution in [2.24, 2.45) is 0 Å². The summed E-state index contributed by atoms with van der Waals surface area (Å²) in [7, 11) is 0. The summed E-state index contributed by atoms with van der Waals surface area (Å²) in [5.74, 6) is 0.992. The molecule has 0 radical (unpaired) electrons. The third kappa shape index (κ3) is 4.27. The Bertz CT molecular complexity index is 1220. The van der Waals surface area contributed by atoms with Crippen LogP contribution in [0, 0.1) is 0 Å². The van der Waals surface area contributed by atoms with Gasteiger partial charge < -0.3 is 9.84 Å². The topological polar surface area (TPSA) is 49.8 Å². The van der Waals surface area contributed by atoms with Gasteiger partial charge in [0.1, 0.15) is 18.1 Å². The van der Waals surface area contributed by atoms with Gasteiger partial charge in [0.05, 0.1) is 0 Å². The highest BCUT2D eigenvalue weighted by atomic mass is 32.1. The van der Waals surface area contributed by atoms with E-state index >= 15 is 0 Å². The average molecular weight is 444 g/mol. The fraction of sp³-hybridized carbons (Fsp3) is 0.222. The summed E-state index contributed by atoms with van der Waals surface area (Å²) in [6.45, 7) is 3.93. The van der Waals surface area contributed by atoms with Crippen molar-refractivity contribution in [1.29, 1.82) is 0 Å². The molecule has 1 aromatic heterocycles. The van der Waals surface area contributed by atoms with E-state index in [9.17, 15) is 9.90 Å². The largest absolute Gasteiger partial charge is 0.508 e. The van der Waals surface area contributed by atoms with Crippen LogP contribution in [0.3, 0.4) is 0 Å². The Hall–Kier alpha value is -3.15. The van der Waals surface area contributed by atoms with E-state index < -0.39 is 0 Å². The molecule has 1 aliphatic rings. The molecule has 0 spiro atoms. The number of phenolic OH excluding ortho intramolecular Hbond substituents is 1. The minimum absolute atomic E-state index is 0.00542. The molecular weight excluding hydrogens is 418 g/mol. The van der Waals surface area contributed by atoms with Crippen molar-refractivity contribution in [3.8, 4) is 21.9 Å². The maximum absolute atomic E-state index is 13.6. The van der Waals surface area contributed by atoms with Crippen molar-refractivity contribution >= 4 is 27.2 Å². The normalized spacial score (nSPS) is 14.1. The third-order valence-electron chi connectivity index (χ3n) is 5.94. The molecule has 4 nitrogen and oxygen atoms in total. The van der Waals surface area contributed by atoms with E-state index in [1.54, 1.807) is 23.5 Å². The van der Waals surface area contributed by atoms with E-state index in [1.807, 2.05) is 60.7 Å². The number of nitrogens with zero attached hydrogens (tertiary/aromatic N) is 1. The van der Waals surface area contributed by atoms with Gasteiger partial charge in [0, 0.05) is 32.6 Å². The molecule has 0 unspecified atom stereocenters. The van der Waals surface area contributed by atoms with Crippen molar-refractivity contribution < 1.29 is 14.6 Å². The monoisotopic (exact) mass is 443 g/mol. The van der Waals surface area contributed by atoms with Crippen molar-refractivity contribution in [1.82, 2.24) is 4.90 Å². The molecule has 0 bridgehead atoms. The van der Waals surface area contributed by atoms with Crippen LogP contribution in [-0.4, -0.2) is 42.0 Å². The smallest absolute Gasteiger partial charge is 0.195 e. The molecular formula is C27H25NO3S. The van der Waals surface area contributed by atoms with Crippen LogP contribution in [0.1, 0.15) is 28.8 Å². The van der Waals surface area contributed by atoms with Crippen molar-refractivity contribution in [3.05, 3.63) is 83.9 Å². The highest BCUT2D eigenvalue weighted by Gasteiger charge is 2.21. The lowest BCUT2D eigenvalue weighted by atomic mass is 9.97. The van der Waals surface area contributed by atoms with E-state index in [1.165, 1.54) is 12.8 Å². The maximum atomic E-state index is 13.6. The molecule has 1 aliphatic heterocycles. The van der Waals surface area contributed by atoms with E-state index in [0.717, 1.165) is 45.9 Å². The summed E-state index contributed by atoms with van der Waals surface area (Å²) >= 11 is 1.60. The second-order valence-corrected chi connectivity index (χ2v) is 9.15. The first-order valence-corrected chi connectivity index (χ1v) is 11.8. The third-order valence-corrected chi connectivity index (χ3v) is 7.16. The minimum Gasteiger partial charge on any atom is -0.508 e. The van der Waals surface area contributed by atoms with Gasteiger partial charge in [-0.25, -0.2) is 0 Å². The number of carbonyl (C=O) groups excluding carboxylic acids is 1. The standard InChI is InChI=1S/C27H25NO3S/c29-21-11-7-20(8-12-21)27-25(23-5-1-2-6-24(23)32-27)26(30)19-9-13-22(14-10-19)31-18-17-28-15-3-4-16-28/h1-2,5-14,29H,3-4,15-18H2. The maximum Gasteiger partial charge on any atom is 0.195 e. The van der Waals surface area contributed by atoms with Gasteiger partial charge in [0.2, 0.25) is 0 Å². The molecule has 2 heterocycles. The van der Waals surface area contributed by atoms with Gasteiger partial charge in [-0.15, -0.1) is 11.3 Å². The van der Waals surface area contributed by atoms with E-state index in [4.69, 9.17) is 4.74 Å². The second-order valence-electron chi connectivity index (χ2n) is 8.10. The van der Waals surface area contributed by atoms with Crippen LogP contribution in [0.5, 0.6) is 11.5 Å². The van der Waals surface area contributed by atoms with E-state index in [2.05, 4.69) is 4.90 Å². The van der Waals surface area contributed by atoms with Gasteiger partial charge in [0.15, 0.2) is 5.78 Å². The Balaban J connectivity index is 1.40. The Kier molecular flexibility index (Phi) is 5.93. The molecule has 1 saturated heterocycles. The van der Waals surface area contributed by atoms with Gasteiger partial charge in [-0.3, -0.25) is 9.69 Å². The van der Waals surface area contributed by atoms with Crippen LogP contribution in [0.15, 0.2) is 72.8 Å². The molecule has 0 saturated carbocycles. The van der Waals surface area contributed by atoms with Crippen LogP contribution in [0.25, 0.3) is 20.5 Å². The number of rotatable bonds is 7. The predicted octanol–water partition coefficient (Wildman–Crippen LogP) is 5.98. The zero-order chi connectivity index (χ0) is 21.9.